The number of ether oxygens (including phenoxy) is 2. The van der Waals surface area contributed by atoms with Crippen molar-refractivity contribution in [3.8, 4) is 0 Å². The van der Waals surface area contributed by atoms with Crippen LogP contribution in [0.5, 0.6) is 0 Å². The van der Waals surface area contributed by atoms with Gasteiger partial charge in [0.05, 0.1) is 18.1 Å². The van der Waals surface area contributed by atoms with Crippen molar-refractivity contribution in [2.75, 3.05) is 13.7 Å². The molecule has 1 fully saturated rings. The molecule has 0 spiro atoms. The van der Waals surface area contributed by atoms with Gasteiger partial charge in [-0.3, -0.25) is 0 Å². The highest BCUT2D eigenvalue weighted by molar-refractivity contribution is 5.11. The molecule has 4 nitrogen and oxygen atoms in total. The smallest absolute Gasteiger partial charge is 0.116 e. The second kappa shape index (κ2) is 9.72. The summed E-state index contributed by atoms with van der Waals surface area (Å²) in [6, 6.07) is 0. The molecule has 1 aliphatic carbocycles. The number of methoxy groups -OCH3 is 1. The van der Waals surface area contributed by atoms with Crippen LogP contribution in [0.1, 0.15) is 83.9 Å². The third-order valence-corrected chi connectivity index (χ3v) is 5.81. The van der Waals surface area contributed by atoms with Gasteiger partial charge in [-0.2, -0.15) is 0 Å². The monoisotopic (exact) mass is 350 g/mol. The predicted octanol–water partition coefficient (Wildman–Crippen LogP) is 5.08. The van der Waals surface area contributed by atoms with Crippen molar-refractivity contribution in [1.29, 1.82) is 0 Å². The molecule has 1 heterocycles. The molecule has 3 atom stereocenters. The molecule has 4 heteroatoms. The van der Waals surface area contributed by atoms with Crippen LogP contribution in [-0.2, 0) is 16.5 Å². The zero-order valence-corrected chi connectivity index (χ0v) is 17.0. The molecule has 1 aromatic heterocycles. The van der Waals surface area contributed by atoms with Crippen LogP contribution in [0.4, 0.5) is 0 Å². The fraction of sp³-hybridized carbons (Fsp3) is 0.857. The van der Waals surface area contributed by atoms with E-state index in [0.29, 0.717) is 0 Å². The van der Waals surface area contributed by atoms with E-state index < -0.39 is 0 Å². The molecule has 0 amide bonds. The van der Waals surface area contributed by atoms with Gasteiger partial charge in [0.2, 0.25) is 0 Å². The molecule has 2 rings (SSSR count). The number of imidazole rings is 1. The molecule has 1 aliphatic rings. The molecule has 3 unspecified atom stereocenters. The van der Waals surface area contributed by atoms with E-state index >= 15 is 0 Å². The Morgan fingerprint density at radius 1 is 1.20 bits per heavy atom. The molecule has 0 bridgehead atoms. The number of rotatable bonds is 10. The highest BCUT2D eigenvalue weighted by atomic mass is 16.5. The van der Waals surface area contributed by atoms with E-state index in [1.54, 1.807) is 0 Å². The van der Waals surface area contributed by atoms with Crippen molar-refractivity contribution in [2.45, 2.75) is 90.3 Å². The molecule has 1 saturated carbocycles. The SMILES string of the molecule is CCCCCCCCOC1CCC(C)(C)C(OC)C1c1nccn1C. The standard InChI is InChI=1S/C21H38N2O2/c1-6-7-8-9-10-11-16-25-17-12-13-21(2,3)19(24-5)18(17)20-22-14-15-23(20)4/h14-15,17-19H,6-13,16H2,1-5H3. The van der Waals surface area contributed by atoms with Crippen LogP contribution < -0.4 is 0 Å². The summed E-state index contributed by atoms with van der Waals surface area (Å²) in [6.07, 6.45) is 14.2. The molecule has 0 aliphatic heterocycles. The van der Waals surface area contributed by atoms with E-state index in [4.69, 9.17) is 9.47 Å². The topological polar surface area (TPSA) is 36.3 Å². The highest BCUT2D eigenvalue weighted by Crippen LogP contribution is 2.46. The summed E-state index contributed by atoms with van der Waals surface area (Å²) in [5.41, 5.74) is 0.144. The van der Waals surface area contributed by atoms with E-state index in [1.807, 2.05) is 19.5 Å². The summed E-state index contributed by atoms with van der Waals surface area (Å²) in [7, 11) is 3.90. The fourth-order valence-electron chi connectivity index (χ4n) is 4.29. The maximum absolute atomic E-state index is 6.37. The molecular weight excluding hydrogens is 312 g/mol. The van der Waals surface area contributed by atoms with Gasteiger partial charge in [-0.1, -0.05) is 52.9 Å². The predicted molar refractivity (Wildman–Crippen MR) is 103 cm³/mol. The van der Waals surface area contributed by atoms with E-state index in [1.165, 1.54) is 32.1 Å². The van der Waals surface area contributed by atoms with Gasteiger partial charge in [0.25, 0.3) is 0 Å². The Kier molecular flexibility index (Phi) is 7.95. The molecule has 25 heavy (non-hydrogen) atoms. The maximum atomic E-state index is 6.37. The van der Waals surface area contributed by atoms with Crippen molar-refractivity contribution in [1.82, 2.24) is 9.55 Å². The van der Waals surface area contributed by atoms with Gasteiger partial charge in [-0.05, 0) is 24.7 Å². The number of unbranched alkanes of at least 4 members (excludes halogenated alkanes) is 5. The van der Waals surface area contributed by atoms with Gasteiger partial charge in [0.1, 0.15) is 5.82 Å². The Hall–Kier alpha value is -0.870. The van der Waals surface area contributed by atoms with Crippen molar-refractivity contribution >= 4 is 0 Å². The average Bonchev–Trinajstić information content (AvgIpc) is 3.00. The first-order chi connectivity index (χ1) is 12.0. The van der Waals surface area contributed by atoms with E-state index in [-0.39, 0.29) is 23.5 Å². The Balaban J connectivity index is 1.97. The Morgan fingerprint density at radius 2 is 1.92 bits per heavy atom. The summed E-state index contributed by atoms with van der Waals surface area (Å²) in [5.74, 6) is 1.29. The normalized spacial score (nSPS) is 26.0. The summed E-state index contributed by atoms with van der Waals surface area (Å²) in [6.45, 7) is 7.73. The molecular formula is C21H38N2O2. The first-order valence-corrected chi connectivity index (χ1v) is 10.1. The third-order valence-electron chi connectivity index (χ3n) is 5.81. The van der Waals surface area contributed by atoms with Crippen LogP contribution in [0.3, 0.4) is 0 Å². The second-order valence-corrected chi connectivity index (χ2v) is 8.28. The minimum atomic E-state index is 0.136. The molecule has 0 aromatic carbocycles. The lowest BCUT2D eigenvalue weighted by atomic mass is 9.67. The Bertz CT molecular complexity index is 498. The Morgan fingerprint density at radius 3 is 2.56 bits per heavy atom. The van der Waals surface area contributed by atoms with E-state index in [2.05, 4.69) is 37.4 Å². The summed E-state index contributed by atoms with van der Waals surface area (Å²) < 4.78 is 14.5. The largest absolute Gasteiger partial charge is 0.380 e. The highest BCUT2D eigenvalue weighted by Gasteiger charge is 2.47. The van der Waals surface area contributed by atoms with Gasteiger partial charge < -0.3 is 14.0 Å². The molecule has 0 radical (unpaired) electrons. The summed E-state index contributed by atoms with van der Waals surface area (Å²) in [5, 5.41) is 0. The van der Waals surface area contributed by atoms with Gasteiger partial charge in [0.15, 0.2) is 0 Å². The van der Waals surface area contributed by atoms with Crippen molar-refractivity contribution in [3.05, 3.63) is 18.2 Å². The van der Waals surface area contributed by atoms with Gasteiger partial charge in [-0.25, -0.2) is 4.98 Å². The fourth-order valence-corrected chi connectivity index (χ4v) is 4.29. The molecule has 0 N–H and O–H groups in total. The molecule has 1 aromatic rings. The Labute approximate surface area is 154 Å². The van der Waals surface area contributed by atoms with Gasteiger partial charge in [0, 0.05) is 33.2 Å². The third kappa shape index (κ3) is 5.30. The van der Waals surface area contributed by atoms with Gasteiger partial charge >= 0.3 is 0 Å². The van der Waals surface area contributed by atoms with Crippen molar-refractivity contribution in [2.24, 2.45) is 12.5 Å². The number of hydrogen-bond acceptors (Lipinski definition) is 3. The minimum Gasteiger partial charge on any atom is -0.380 e. The van der Waals surface area contributed by atoms with Crippen LogP contribution in [0.2, 0.25) is 0 Å². The van der Waals surface area contributed by atoms with Crippen LogP contribution >= 0.6 is 0 Å². The maximum Gasteiger partial charge on any atom is 0.116 e. The summed E-state index contributed by atoms with van der Waals surface area (Å²) >= 11 is 0. The quantitative estimate of drug-likeness (QED) is 0.552. The lowest BCUT2D eigenvalue weighted by molar-refractivity contribution is -0.107. The average molecular weight is 351 g/mol. The van der Waals surface area contributed by atoms with Crippen LogP contribution in [-0.4, -0.2) is 35.5 Å². The van der Waals surface area contributed by atoms with Gasteiger partial charge in [-0.15, -0.1) is 0 Å². The van der Waals surface area contributed by atoms with Crippen molar-refractivity contribution in [3.63, 3.8) is 0 Å². The first-order valence-electron chi connectivity index (χ1n) is 10.1. The first kappa shape index (κ1) is 20.4. The lowest BCUT2D eigenvalue weighted by Gasteiger charge is -2.46. The zero-order valence-electron chi connectivity index (χ0n) is 17.0. The van der Waals surface area contributed by atoms with Crippen LogP contribution in [0.25, 0.3) is 0 Å². The second-order valence-electron chi connectivity index (χ2n) is 8.28. The van der Waals surface area contributed by atoms with Crippen molar-refractivity contribution < 1.29 is 9.47 Å². The number of aryl methyl sites for hydroxylation is 1. The molecule has 144 valence electrons. The number of nitrogens with zero attached hydrogens (tertiary/aromatic N) is 2. The lowest BCUT2D eigenvalue weighted by Crippen LogP contribution is -2.48. The van der Waals surface area contributed by atoms with Crippen LogP contribution in [0.15, 0.2) is 12.4 Å². The van der Waals surface area contributed by atoms with E-state index in [0.717, 1.165) is 31.7 Å². The van der Waals surface area contributed by atoms with Crippen LogP contribution in [0, 0.1) is 5.41 Å². The summed E-state index contributed by atoms with van der Waals surface area (Å²) in [4.78, 5) is 4.63. The number of hydrogen-bond donors (Lipinski definition) is 0. The zero-order chi connectivity index (χ0) is 18.3. The minimum absolute atomic E-state index is 0.136. The number of aromatic nitrogens is 2. The molecule has 0 saturated heterocycles. The van der Waals surface area contributed by atoms with E-state index in [9.17, 15) is 0 Å².